The number of hydrogen-bond acceptors (Lipinski definition) is 6. The molecule has 158 valence electrons. The molecular formula is C20H19ClN2O6S. The van der Waals surface area contributed by atoms with E-state index in [1.54, 1.807) is 24.3 Å². The number of ether oxygens (including phenoxy) is 2. The summed E-state index contributed by atoms with van der Waals surface area (Å²) in [6, 6.07) is 10.4. The first-order chi connectivity index (χ1) is 14.3. The van der Waals surface area contributed by atoms with Gasteiger partial charge in [-0.15, -0.1) is 6.42 Å². The Morgan fingerprint density at radius 1 is 1.17 bits per heavy atom. The lowest BCUT2D eigenvalue weighted by Crippen LogP contribution is -2.29. The van der Waals surface area contributed by atoms with Gasteiger partial charge in [-0.25, -0.2) is 17.9 Å². The molecule has 0 aromatic heterocycles. The minimum absolute atomic E-state index is 0.000596. The number of amides is 1. The highest BCUT2D eigenvalue weighted by Crippen LogP contribution is 2.25. The van der Waals surface area contributed by atoms with E-state index in [4.69, 9.17) is 27.5 Å². The van der Waals surface area contributed by atoms with E-state index in [-0.39, 0.29) is 29.3 Å². The molecule has 0 saturated heterocycles. The molecule has 0 atom stereocenters. The van der Waals surface area contributed by atoms with Crippen LogP contribution in [0.4, 0.5) is 0 Å². The van der Waals surface area contributed by atoms with E-state index in [0.29, 0.717) is 10.6 Å². The average molecular weight is 451 g/mol. The highest BCUT2D eigenvalue weighted by molar-refractivity contribution is 7.89. The van der Waals surface area contributed by atoms with E-state index in [2.05, 4.69) is 16.0 Å². The molecule has 2 aromatic rings. The number of carbonyl (C=O) groups excluding carboxylic acids is 2. The molecule has 1 amide bonds. The number of terminal acetylenes is 1. The fraction of sp³-hybridized carbons (Fsp3) is 0.200. The largest absolute Gasteiger partial charge is 0.495 e. The van der Waals surface area contributed by atoms with E-state index in [1.807, 2.05) is 0 Å². The Hall–Kier alpha value is -3.06. The van der Waals surface area contributed by atoms with Crippen LogP contribution in [0, 0.1) is 12.3 Å². The van der Waals surface area contributed by atoms with Crippen LogP contribution >= 0.6 is 11.6 Å². The number of halogens is 1. The Morgan fingerprint density at radius 2 is 1.87 bits per heavy atom. The van der Waals surface area contributed by atoms with Crippen molar-refractivity contribution < 1.29 is 27.5 Å². The number of rotatable bonds is 9. The van der Waals surface area contributed by atoms with Gasteiger partial charge in [0.25, 0.3) is 5.91 Å². The average Bonchev–Trinajstić information content (AvgIpc) is 2.75. The summed E-state index contributed by atoms with van der Waals surface area (Å²) in [6.07, 6.45) is 5.02. The molecule has 2 aromatic carbocycles. The molecule has 0 aliphatic rings. The molecule has 8 nitrogen and oxygen atoms in total. The predicted octanol–water partition coefficient (Wildman–Crippen LogP) is 1.73. The van der Waals surface area contributed by atoms with Crippen LogP contribution in [0.1, 0.15) is 15.9 Å². The Bertz CT molecular complexity index is 1060. The van der Waals surface area contributed by atoms with Crippen LogP contribution in [-0.4, -0.2) is 40.6 Å². The number of sulfonamides is 1. The summed E-state index contributed by atoms with van der Waals surface area (Å²) in [5.41, 5.74) is 0.628. The number of hydrogen-bond donors (Lipinski definition) is 2. The van der Waals surface area contributed by atoms with E-state index >= 15 is 0 Å². The molecule has 0 radical (unpaired) electrons. The minimum atomic E-state index is -4.03. The topological polar surface area (TPSA) is 111 Å². The molecule has 2 N–H and O–H groups in total. The molecule has 2 rings (SSSR count). The molecule has 0 bridgehead atoms. The summed E-state index contributed by atoms with van der Waals surface area (Å²) in [4.78, 5) is 23.4. The predicted molar refractivity (Wildman–Crippen MR) is 111 cm³/mol. The van der Waals surface area contributed by atoms with Crippen molar-refractivity contribution in [2.24, 2.45) is 0 Å². The number of methoxy groups -OCH3 is 1. The molecular weight excluding hydrogens is 432 g/mol. The Balaban J connectivity index is 2.15. The van der Waals surface area contributed by atoms with Crippen molar-refractivity contribution in [3.8, 4) is 18.1 Å². The molecule has 10 heteroatoms. The van der Waals surface area contributed by atoms with Crippen LogP contribution in [0.5, 0.6) is 5.75 Å². The summed E-state index contributed by atoms with van der Waals surface area (Å²) in [5.74, 6) is 0.809. The summed E-state index contributed by atoms with van der Waals surface area (Å²) in [5, 5.41) is 2.87. The maximum Gasteiger partial charge on any atom is 0.338 e. The zero-order chi connectivity index (χ0) is 22.1. The molecule has 30 heavy (non-hydrogen) atoms. The quantitative estimate of drug-likeness (QED) is 0.444. The van der Waals surface area contributed by atoms with Crippen LogP contribution in [0.15, 0.2) is 47.4 Å². The lowest BCUT2D eigenvalue weighted by Gasteiger charge is -2.12. The molecule has 0 saturated carbocycles. The van der Waals surface area contributed by atoms with Gasteiger partial charge in [0.2, 0.25) is 10.0 Å². The van der Waals surface area contributed by atoms with Crippen LogP contribution in [0.25, 0.3) is 0 Å². The van der Waals surface area contributed by atoms with Crippen LogP contribution in [0.3, 0.4) is 0 Å². The first-order valence-corrected chi connectivity index (χ1v) is 10.4. The zero-order valence-corrected chi connectivity index (χ0v) is 17.5. The fourth-order valence-electron chi connectivity index (χ4n) is 2.29. The van der Waals surface area contributed by atoms with E-state index in [9.17, 15) is 18.0 Å². The third-order valence-electron chi connectivity index (χ3n) is 3.79. The van der Waals surface area contributed by atoms with Gasteiger partial charge in [0.1, 0.15) is 10.6 Å². The van der Waals surface area contributed by atoms with Crippen molar-refractivity contribution in [3.05, 3.63) is 58.6 Å². The van der Waals surface area contributed by atoms with Gasteiger partial charge in [-0.2, -0.15) is 0 Å². The maximum atomic E-state index is 12.8. The van der Waals surface area contributed by atoms with E-state index < -0.39 is 28.5 Å². The molecule has 0 fully saturated rings. The third-order valence-corrected chi connectivity index (χ3v) is 5.46. The smallest absolute Gasteiger partial charge is 0.338 e. The van der Waals surface area contributed by atoms with Crippen LogP contribution < -0.4 is 14.8 Å². The van der Waals surface area contributed by atoms with Gasteiger partial charge < -0.3 is 14.8 Å². The standard InChI is InChI=1S/C20H19ClN2O6S/c1-3-10-22-19(24)13-29-20(25)15-6-9-17(28-2)18(11-15)30(26,27)23-12-14-4-7-16(21)8-5-14/h1,4-9,11,23H,10,12-13H2,2H3,(H,22,24). The summed E-state index contributed by atoms with van der Waals surface area (Å²) < 4.78 is 37.9. The highest BCUT2D eigenvalue weighted by atomic mass is 35.5. The minimum Gasteiger partial charge on any atom is -0.495 e. The third kappa shape index (κ3) is 6.49. The van der Waals surface area contributed by atoms with Gasteiger partial charge in [-0.3, -0.25) is 4.79 Å². The first-order valence-electron chi connectivity index (χ1n) is 8.56. The Morgan fingerprint density at radius 3 is 2.50 bits per heavy atom. The molecule has 0 spiro atoms. The van der Waals surface area contributed by atoms with Gasteiger partial charge >= 0.3 is 5.97 Å². The normalized spacial score (nSPS) is 10.7. The molecule has 0 aliphatic carbocycles. The van der Waals surface area contributed by atoms with E-state index in [1.165, 1.54) is 19.2 Å². The number of nitrogens with one attached hydrogen (secondary N) is 2. The van der Waals surface area contributed by atoms with Crippen molar-refractivity contribution >= 4 is 33.5 Å². The fourth-order valence-corrected chi connectivity index (χ4v) is 3.62. The highest BCUT2D eigenvalue weighted by Gasteiger charge is 2.22. The van der Waals surface area contributed by atoms with Crippen LogP contribution in [-0.2, 0) is 26.1 Å². The second-order valence-electron chi connectivity index (χ2n) is 5.87. The van der Waals surface area contributed by atoms with Crippen molar-refractivity contribution in [1.29, 1.82) is 0 Å². The molecule has 0 unspecified atom stereocenters. The Labute approximate surface area is 179 Å². The summed E-state index contributed by atoms with van der Waals surface area (Å²) in [7, 11) is -2.72. The lowest BCUT2D eigenvalue weighted by atomic mass is 10.2. The van der Waals surface area contributed by atoms with Gasteiger partial charge in [0.05, 0.1) is 19.2 Å². The zero-order valence-electron chi connectivity index (χ0n) is 16.0. The van der Waals surface area contributed by atoms with Crippen molar-refractivity contribution in [3.63, 3.8) is 0 Å². The van der Waals surface area contributed by atoms with Crippen molar-refractivity contribution in [2.75, 3.05) is 20.3 Å². The monoisotopic (exact) mass is 450 g/mol. The van der Waals surface area contributed by atoms with Gasteiger partial charge in [0, 0.05) is 11.6 Å². The molecule has 0 aliphatic heterocycles. The number of esters is 1. The van der Waals surface area contributed by atoms with Gasteiger partial charge in [-0.1, -0.05) is 29.7 Å². The lowest BCUT2D eigenvalue weighted by molar-refractivity contribution is -0.123. The second-order valence-corrected chi connectivity index (χ2v) is 8.05. The van der Waals surface area contributed by atoms with Gasteiger partial charge in [-0.05, 0) is 35.9 Å². The van der Waals surface area contributed by atoms with Crippen molar-refractivity contribution in [2.45, 2.75) is 11.4 Å². The van der Waals surface area contributed by atoms with Crippen molar-refractivity contribution in [1.82, 2.24) is 10.0 Å². The first kappa shape index (κ1) is 23.2. The number of benzene rings is 2. The molecule has 0 heterocycles. The van der Waals surface area contributed by atoms with Gasteiger partial charge in [0.15, 0.2) is 6.61 Å². The number of carbonyl (C=O) groups is 2. The van der Waals surface area contributed by atoms with E-state index in [0.717, 1.165) is 6.07 Å². The second kappa shape index (κ2) is 10.6. The van der Waals surface area contributed by atoms with Crippen LogP contribution in [0.2, 0.25) is 5.02 Å². The Kier molecular flexibility index (Phi) is 8.24. The summed E-state index contributed by atoms with van der Waals surface area (Å²) >= 11 is 5.82. The SMILES string of the molecule is C#CCNC(=O)COC(=O)c1ccc(OC)c(S(=O)(=O)NCc2ccc(Cl)cc2)c1. The summed E-state index contributed by atoms with van der Waals surface area (Å²) in [6.45, 7) is -0.545. The maximum absolute atomic E-state index is 12.8.